The van der Waals surface area contributed by atoms with Crippen molar-refractivity contribution in [1.29, 1.82) is 0 Å². The van der Waals surface area contributed by atoms with Crippen LogP contribution in [0.3, 0.4) is 0 Å². The number of sulfonamides is 1. The quantitative estimate of drug-likeness (QED) is 0.854. The molecule has 1 aliphatic rings. The first-order valence-corrected chi connectivity index (χ1v) is 8.59. The maximum absolute atomic E-state index is 12.7. The second kappa shape index (κ2) is 7.83. The van der Waals surface area contributed by atoms with Gasteiger partial charge in [0, 0.05) is 6.04 Å². The molecule has 23 heavy (non-hydrogen) atoms. The Morgan fingerprint density at radius 3 is 2.61 bits per heavy atom. The van der Waals surface area contributed by atoms with Crippen LogP contribution in [0.15, 0.2) is 29.2 Å². The Kier molecular flexibility index (Phi) is 6.88. The molecule has 0 spiro atoms. The van der Waals surface area contributed by atoms with Crippen molar-refractivity contribution in [2.45, 2.75) is 36.9 Å². The Morgan fingerprint density at radius 1 is 1.35 bits per heavy atom. The van der Waals surface area contributed by atoms with Gasteiger partial charge in [0.1, 0.15) is 0 Å². The molecule has 0 saturated carbocycles. The van der Waals surface area contributed by atoms with E-state index >= 15 is 0 Å². The number of nitrogens with one attached hydrogen (secondary N) is 2. The van der Waals surface area contributed by atoms with E-state index < -0.39 is 21.8 Å². The summed E-state index contributed by atoms with van der Waals surface area (Å²) in [5, 5.41) is 3.19. The van der Waals surface area contributed by atoms with Crippen molar-refractivity contribution in [2.75, 3.05) is 13.1 Å². The van der Waals surface area contributed by atoms with Gasteiger partial charge < -0.3 is 5.32 Å². The van der Waals surface area contributed by atoms with E-state index in [0.717, 1.165) is 31.5 Å². The number of halogens is 4. The lowest BCUT2D eigenvalue weighted by molar-refractivity contribution is -0.137. The Hall–Kier alpha value is -0.830. The molecule has 1 aliphatic heterocycles. The molecule has 0 radical (unpaired) electrons. The summed E-state index contributed by atoms with van der Waals surface area (Å²) in [6, 6.07) is 3.45. The zero-order chi connectivity index (χ0) is 16.4. The van der Waals surface area contributed by atoms with E-state index in [0.29, 0.717) is 12.6 Å². The highest BCUT2D eigenvalue weighted by Crippen LogP contribution is 2.30. The van der Waals surface area contributed by atoms with Crippen LogP contribution in [0.4, 0.5) is 13.2 Å². The summed E-state index contributed by atoms with van der Waals surface area (Å²) < 4.78 is 65.1. The van der Waals surface area contributed by atoms with Crippen molar-refractivity contribution in [2.24, 2.45) is 5.92 Å². The Labute approximate surface area is 140 Å². The molecule has 2 N–H and O–H groups in total. The first-order chi connectivity index (χ1) is 10.2. The van der Waals surface area contributed by atoms with Crippen LogP contribution >= 0.6 is 12.4 Å². The van der Waals surface area contributed by atoms with Crippen molar-refractivity contribution in [3.05, 3.63) is 29.8 Å². The monoisotopic (exact) mass is 372 g/mol. The summed E-state index contributed by atoms with van der Waals surface area (Å²) >= 11 is 0. The molecular formula is C14H20ClF3N2O2S. The third-order valence-corrected chi connectivity index (χ3v) is 5.41. The molecule has 0 aliphatic carbocycles. The molecule has 0 aromatic heterocycles. The lowest BCUT2D eigenvalue weighted by Crippen LogP contribution is -2.44. The van der Waals surface area contributed by atoms with Crippen LogP contribution in [0.2, 0.25) is 0 Å². The standard InChI is InChI=1S/C14H19F3N2O2S.ClH/c1-10(11-4-3-7-18-9-11)19-22(20,21)13-6-2-5-12(8-13)14(15,16)17;/h2,5-6,8,10-11,18-19H,3-4,7,9H2,1H3;1H. The van der Waals surface area contributed by atoms with Gasteiger partial charge in [0.05, 0.1) is 10.5 Å². The fourth-order valence-corrected chi connectivity index (χ4v) is 3.91. The molecule has 1 fully saturated rings. The molecule has 2 rings (SSSR count). The second-order valence-electron chi connectivity index (χ2n) is 5.54. The van der Waals surface area contributed by atoms with Crippen molar-refractivity contribution in [3.63, 3.8) is 0 Å². The summed E-state index contributed by atoms with van der Waals surface area (Å²) in [6.07, 6.45) is -2.72. The number of hydrogen-bond donors (Lipinski definition) is 2. The Balaban J connectivity index is 0.00000264. The molecule has 132 valence electrons. The summed E-state index contributed by atoms with van der Waals surface area (Å²) in [7, 11) is -3.97. The van der Waals surface area contributed by atoms with Gasteiger partial charge in [-0.25, -0.2) is 13.1 Å². The summed E-state index contributed by atoms with van der Waals surface area (Å²) in [6.45, 7) is 3.35. The molecule has 2 unspecified atom stereocenters. The summed E-state index contributed by atoms with van der Waals surface area (Å²) in [5.41, 5.74) is -0.970. The van der Waals surface area contributed by atoms with Crippen LogP contribution in [0.1, 0.15) is 25.3 Å². The van der Waals surface area contributed by atoms with Gasteiger partial charge in [-0.1, -0.05) is 6.07 Å². The van der Waals surface area contributed by atoms with Gasteiger partial charge in [0.15, 0.2) is 0 Å². The minimum atomic E-state index is -4.57. The normalized spacial score (nSPS) is 20.6. The second-order valence-corrected chi connectivity index (χ2v) is 7.26. The van der Waals surface area contributed by atoms with E-state index in [2.05, 4.69) is 10.0 Å². The summed E-state index contributed by atoms with van der Waals surface area (Å²) in [4.78, 5) is -0.363. The SMILES string of the molecule is CC(NS(=O)(=O)c1cccc(C(F)(F)F)c1)C1CCCNC1.Cl. The molecule has 1 heterocycles. The van der Waals surface area contributed by atoms with E-state index in [9.17, 15) is 21.6 Å². The third kappa shape index (κ3) is 5.34. The van der Waals surface area contributed by atoms with E-state index in [-0.39, 0.29) is 29.3 Å². The van der Waals surface area contributed by atoms with Gasteiger partial charge >= 0.3 is 6.18 Å². The molecule has 4 nitrogen and oxygen atoms in total. The maximum atomic E-state index is 12.7. The van der Waals surface area contributed by atoms with Crippen LogP contribution in [0.5, 0.6) is 0 Å². The predicted octanol–water partition coefficient (Wildman–Crippen LogP) is 2.79. The lowest BCUT2D eigenvalue weighted by atomic mass is 9.94. The molecule has 1 aromatic rings. The molecule has 2 atom stereocenters. The molecular weight excluding hydrogens is 353 g/mol. The zero-order valence-corrected chi connectivity index (χ0v) is 14.2. The molecule has 0 amide bonds. The van der Waals surface area contributed by atoms with Gasteiger partial charge in [-0.15, -0.1) is 12.4 Å². The van der Waals surface area contributed by atoms with Crippen LogP contribution in [0, 0.1) is 5.92 Å². The fourth-order valence-electron chi connectivity index (χ4n) is 2.55. The average Bonchev–Trinajstić information content (AvgIpc) is 2.47. The zero-order valence-electron chi connectivity index (χ0n) is 12.6. The van der Waals surface area contributed by atoms with Gasteiger partial charge in [-0.3, -0.25) is 0 Å². The van der Waals surface area contributed by atoms with Crippen LogP contribution in [-0.2, 0) is 16.2 Å². The Bertz CT molecular complexity index is 617. The highest BCUT2D eigenvalue weighted by atomic mass is 35.5. The van der Waals surface area contributed by atoms with E-state index in [1.54, 1.807) is 6.92 Å². The molecule has 0 bridgehead atoms. The minimum Gasteiger partial charge on any atom is -0.316 e. The van der Waals surface area contributed by atoms with Gasteiger partial charge in [-0.05, 0) is 57.0 Å². The highest BCUT2D eigenvalue weighted by Gasteiger charge is 2.32. The van der Waals surface area contributed by atoms with E-state index in [4.69, 9.17) is 0 Å². The molecule has 1 saturated heterocycles. The smallest absolute Gasteiger partial charge is 0.316 e. The number of rotatable bonds is 4. The van der Waals surface area contributed by atoms with Crippen LogP contribution in [-0.4, -0.2) is 27.5 Å². The first kappa shape index (κ1) is 20.2. The highest BCUT2D eigenvalue weighted by molar-refractivity contribution is 7.89. The maximum Gasteiger partial charge on any atom is 0.416 e. The summed E-state index contributed by atoms with van der Waals surface area (Å²) in [5.74, 6) is 0.134. The van der Waals surface area contributed by atoms with Crippen molar-refractivity contribution < 1.29 is 21.6 Å². The van der Waals surface area contributed by atoms with E-state index in [1.165, 1.54) is 6.07 Å². The largest absolute Gasteiger partial charge is 0.416 e. The van der Waals surface area contributed by atoms with Crippen molar-refractivity contribution in [1.82, 2.24) is 10.0 Å². The van der Waals surface area contributed by atoms with E-state index in [1.807, 2.05) is 0 Å². The average molecular weight is 373 g/mol. The predicted molar refractivity (Wildman–Crippen MR) is 84.1 cm³/mol. The third-order valence-electron chi connectivity index (χ3n) is 3.85. The fraction of sp³-hybridized carbons (Fsp3) is 0.571. The van der Waals surface area contributed by atoms with Crippen molar-refractivity contribution >= 4 is 22.4 Å². The number of piperidine rings is 1. The van der Waals surface area contributed by atoms with Gasteiger partial charge in [-0.2, -0.15) is 13.2 Å². The van der Waals surface area contributed by atoms with Crippen LogP contribution < -0.4 is 10.0 Å². The topological polar surface area (TPSA) is 58.2 Å². The van der Waals surface area contributed by atoms with Gasteiger partial charge in [0.2, 0.25) is 10.0 Å². The van der Waals surface area contributed by atoms with Crippen molar-refractivity contribution in [3.8, 4) is 0 Å². The Morgan fingerprint density at radius 2 is 2.04 bits per heavy atom. The van der Waals surface area contributed by atoms with Gasteiger partial charge in [0.25, 0.3) is 0 Å². The minimum absolute atomic E-state index is 0. The number of hydrogen-bond acceptors (Lipinski definition) is 3. The lowest BCUT2D eigenvalue weighted by Gasteiger charge is -2.28. The first-order valence-electron chi connectivity index (χ1n) is 7.10. The van der Waals surface area contributed by atoms with Crippen LogP contribution in [0.25, 0.3) is 0 Å². The number of alkyl halides is 3. The number of benzene rings is 1. The molecule has 9 heteroatoms. The molecule has 1 aromatic carbocycles.